The molecule has 0 saturated carbocycles. The highest BCUT2D eigenvalue weighted by atomic mass is 32.1. The minimum Gasteiger partial charge on any atom is -0.392 e. The maximum absolute atomic E-state index is 12.1. The van der Waals surface area contributed by atoms with Crippen molar-refractivity contribution in [1.82, 2.24) is 15.1 Å². The number of aliphatic hydroxyl groups excluding tert-OH is 1. The lowest BCUT2D eigenvalue weighted by molar-refractivity contribution is 0.0689. The maximum atomic E-state index is 12.1. The number of aromatic nitrogens is 2. The summed E-state index contributed by atoms with van der Waals surface area (Å²) in [6, 6.07) is 9.88. The Kier molecular flexibility index (Phi) is 5.19. The minimum absolute atomic E-state index is 0.141. The number of nitrogens with zero attached hydrogens (tertiary/aromatic N) is 3. The van der Waals surface area contributed by atoms with Gasteiger partial charge in [-0.3, -0.25) is 5.32 Å². The van der Waals surface area contributed by atoms with E-state index in [1.165, 1.54) is 11.3 Å². The van der Waals surface area contributed by atoms with Crippen LogP contribution in [0.4, 0.5) is 9.93 Å². The summed E-state index contributed by atoms with van der Waals surface area (Å²) >= 11 is 1.30. The zero-order chi connectivity index (χ0) is 16.1. The summed E-state index contributed by atoms with van der Waals surface area (Å²) in [5, 5.41) is 21.2. The standard InChI is InChI=1S/C16H20N4O2S/c21-14(10-12-4-2-1-3-5-12)13-6-8-20(9-7-13)16(22)18-15-19-17-11-23-15/h1-5,11,13-14,21H,6-10H2,(H,18,19,22)/t14-/m0/s1. The number of amides is 2. The van der Waals surface area contributed by atoms with Crippen LogP contribution in [0.3, 0.4) is 0 Å². The highest BCUT2D eigenvalue weighted by Crippen LogP contribution is 2.23. The van der Waals surface area contributed by atoms with E-state index in [0.717, 1.165) is 18.4 Å². The second-order valence-corrected chi connectivity index (χ2v) is 6.59. The van der Waals surface area contributed by atoms with Gasteiger partial charge < -0.3 is 10.0 Å². The Morgan fingerprint density at radius 2 is 2.09 bits per heavy atom. The summed E-state index contributed by atoms with van der Waals surface area (Å²) in [6.07, 6.45) is 1.95. The fourth-order valence-electron chi connectivity index (χ4n) is 2.91. The third kappa shape index (κ3) is 4.27. The first-order chi connectivity index (χ1) is 11.2. The Morgan fingerprint density at radius 1 is 1.35 bits per heavy atom. The Balaban J connectivity index is 1.47. The van der Waals surface area contributed by atoms with Crippen LogP contribution in [-0.4, -0.2) is 45.4 Å². The first kappa shape index (κ1) is 15.9. The first-order valence-electron chi connectivity index (χ1n) is 7.76. The summed E-state index contributed by atoms with van der Waals surface area (Å²) in [4.78, 5) is 13.9. The molecule has 2 N–H and O–H groups in total. The number of anilines is 1. The van der Waals surface area contributed by atoms with Gasteiger partial charge in [0.2, 0.25) is 5.13 Å². The van der Waals surface area contributed by atoms with E-state index in [0.29, 0.717) is 24.6 Å². The van der Waals surface area contributed by atoms with Gasteiger partial charge in [-0.15, -0.1) is 10.2 Å². The number of piperidine rings is 1. The van der Waals surface area contributed by atoms with Crippen molar-refractivity contribution in [3.8, 4) is 0 Å². The van der Waals surface area contributed by atoms with Gasteiger partial charge in [0.25, 0.3) is 0 Å². The summed E-state index contributed by atoms with van der Waals surface area (Å²) in [5.74, 6) is 0.237. The molecule has 0 spiro atoms. The molecule has 0 radical (unpaired) electrons. The molecule has 6 nitrogen and oxygen atoms in total. The molecule has 0 unspecified atom stereocenters. The Hall–Kier alpha value is -1.99. The number of urea groups is 1. The van der Waals surface area contributed by atoms with Crippen LogP contribution in [-0.2, 0) is 6.42 Å². The fraction of sp³-hybridized carbons (Fsp3) is 0.438. The number of carbonyl (C=O) groups is 1. The molecule has 1 atom stereocenters. The van der Waals surface area contributed by atoms with Crippen molar-refractivity contribution in [3.63, 3.8) is 0 Å². The zero-order valence-electron chi connectivity index (χ0n) is 12.8. The van der Waals surface area contributed by atoms with Crippen LogP contribution in [0.5, 0.6) is 0 Å². The van der Waals surface area contributed by atoms with Gasteiger partial charge in [0.05, 0.1) is 6.10 Å². The van der Waals surface area contributed by atoms with E-state index in [2.05, 4.69) is 15.5 Å². The lowest BCUT2D eigenvalue weighted by Gasteiger charge is -2.34. The molecule has 1 aromatic heterocycles. The van der Waals surface area contributed by atoms with Gasteiger partial charge in [-0.25, -0.2) is 4.79 Å². The van der Waals surface area contributed by atoms with Crippen molar-refractivity contribution in [1.29, 1.82) is 0 Å². The molecule has 2 aromatic rings. The summed E-state index contributed by atoms with van der Waals surface area (Å²) < 4.78 is 0. The predicted molar refractivity (Wildman–Crippen MR) is 89.4 cm³/mol. The van der Waals surface area contributed by atoms with Gasteiger partial charge >= 0.3 is 6.03 Å². The number of aliphatic hydroxyl groups is 1. The lowest BCUT2D eigenvalue weighted by atomic mass is 9.88. The Labute approximate surface area is 139 Å². The largest absolute Gasteiger partial charge is 0.392 e. The first-order valence-corrected chi connectivity index (χ1v) is 8.64. The Bertz CT molecular complexity index is 612. The van der Waals surface area contributed by atoms with E-state index in [1.54, 1.807) is 10.4 Å². The van der Waals surface area contributed by atoms with Gasteiger partial charge in [-0.2, -0.15) is 0 Å². The van der Waals surface area contributed by atoms with Gasteiger partial charge in [0.15, 0.2) is 0 Å². The number of carbonyl (C=O) groups excluding carboxylic acids is 1. The summed E-state index contributed by atoms with van der Waals surface area (Å²) in [5.41, 5.74) is 2.73. The average Bonchev–Trinajstić information content (AvgIpc) is 3.09. The maximum Gasteiger partial charge on any atom is 0.323 e. The van der Waals surface area contributed by atoms with Crippen molar-refractivity contribution in [2.24, 2.45) is 5.92 Å². The number of rotatable bonds is 4. The molecule has 3 rings (SSSR count). The van der Waals surface area contributed by atoms with E-state index in [-0.39, 0.29) is 18.1 Å². The minimum atomic E-state index is -0.356. The molecule has 23 heavy (non-hydrogen) atoms. The van der Waals surface area contributed by atoms with Crippen molar-refractivity contribution in [2.75, 3.05) is 18.4 Å². The second-order valence-electron chi connectivity index (χ2n) is 5.76. The SMILES string of the molecule is O=C(Nc1nncs1)N1CCC([C@@H](O)Cc2ccccc2)CC1. The van der Waals surface area contributed by atoms with E-state index < -0.39 is 0 Å². The highest BCUT2D eigenvalue weighted by Gasteiger charge is 2.27. The number of benzene rings is 1. The molecule has 1 saturated heterocycles. The van der Waals surface area contributed by atoms with Gasteiger partial charge in [0, 0.05) is 13.1 Å². The molecule has 1 aliphatic rings. The number of nitrogens with one attached hydrogen (secondary N) is 1. The van der Waals surface area contributed by atoms with Crippen molar-refractivity contribution < 1.29 is 9.90 Å². The predicted octanol–water partition coefficient (Wildman–Crippen LogP) is 2.39. The van der Waals surface area contributed by atoms with Crippen molar-refractivity contribution in [3.05, 3.63) is 41.4 Å². The smallest absolute Gasteiger partial charge is 0.323 e. The Morgan fingerprint density at radius 3 is 2.74 bits per heavy atom. The van der Waals surface area contributed by atoms with Crippen LogP contribution in [0.25, 0.3) is 0 Å². The van der Waals surface area contributed by atoms with E-state index in [1.807, 2.05) is 30.3 Å². The average molecular weight is 332 g/mol. The van der Waals surface area contributed by atoms with E-state index in [9.17, 15) is 9.90 Å². The van der Waals surface area contributed by atoms with Crippen LogP contribution in [0, 0.1) is 5.92 Å². The highest BCUT2D eigenvalue weighted by molar-refractivity contribution is 7.13. The molecule has 1 aromatic carbocycles. The van der Waals surface area contributed by atoms with Gasteiger partial charge in [-0.1, -0.05) is 41.7 Å². The zero-order valence-corrected chi connectivity index (χ0v) is 13.6. The monoisotopic (exact) mass is 332 g/mol. The molecule has 0 bridgehead atoms. The number of hydrogen-bond acceptors (Lipinski definition) is 5. The third-order valence-electron chi connectivity index (χ3n) is 4.23. The van der Waals surface area contributed by atoms with Crippen LogP contribution < -0.4 is 5.32 Å². The molecular weight excluding hydrogens is 312 g/mol. The third-order valence-corrected chi connectivity index (χ3v) is 4.84. The molecule has 1 aliphatic heterocycles. The van der Waals surface area contributed by atoms with Crippen molar-refractivity contribution in [2.45, 2.75) is 25.4 Å². The summed E-state index contributed by atoms with van der Waals surface area (Å²) in [7, 11) is 0. The fourth-order valence-corrected chi connectivity index (χ4v) is 3.34. The van der Waals surface area contributed by atoms with Crippen LogP contribution >= 0.6 is 11.3 Å². The van der Waals surface area contributed by atoms with Crippen LogP contribution in [0.15, 0.2) is 35.8 Å². The molecule has 0 aliphatic carbocycles. The number of likely N-dealkylation sites (tertiary alicyclic amines) is 1. The normalized spacial score (nSPS) is 17.0. The van der Waals surface area contributed by atoms with Crippen LogP contribution in [0.1, 0.15) is 18.4 Å². The lowest BCUT2D eigenvalue weighted by Crippen LogP contribution is -2.43. The quantitative estimate of drug-likeness (QED) is 0.901. The second kappa shape index (κ2) is 7.52. The molecule has 2 amide bonds. The molecule has 7 heteroatoms. The molecule has 1 fully saturated rings. The molecular formula is C16H20N4O2S. The van der Waals surface area contributed by atoms with Gasteiger partial charge in [0.1, 0.15) is 5.51 Å². The molecule has 122 valence electrons. The van der Waals surface area contributed by atoms with Crippen molar-refractivity contribution >= 4 is 22.5 Å². The van der Waals surface area contributed by atoms with Gasteiger partial charge in [-0.05, 0) is 30.7 Å². The van der Waals surface area contributed by atoms with Crippen LogP contribution in [0.2, 0.25) is 0 Å². The number of hydrogen-bond donors (Lipinski definition) is 2. The van der Waals surface area contributed by atoms with E-state index >= 15 is 0 Å². The summed E-state index contributed by atoms with van der Waals surface area (Å²) in [6.45, 7) is 1.31. The molecule has 2 heterocycles. The van der Waals surface area contributed by atoms with E-state index in [4.69, 9.17) is 0 Å². The topological polar surface area (TPSA) is 78.4 Å².